The summed E-state index contributed by atoms with van der Waals surface area (Å²) in [5, 5.41) is 11.8. The molecule has 18 heavy (non-hydrogen) atoms. The fourth-order valence-electron chi connectivity index (χ4n) is 1.73. The lowest BCUT2D eigenvalue weighted by Gasteiger charge is -2.15. The summed E-state index contributed by atoms with van der Waals surface area (Å²) in [4.78, 5) is 0. The van der Waals surface area contributed by atoms with E-state index < -0.39 is 0 Å². The van der Waals surface area contributed by atoms with Gasteiger partial charge in [-0.2, -0.15) is 0 Å². The Bertz CT molecular complexity index is 429. The first kappa shape index (κ1) is 14.2. The van der Waals surface area contributed by atoms with Gasteiger partial charge >= 0.3 is 0 Å². The highest BCUT2D eigenvalue weighted by molar-refractivity contribution is 5.81. The topological polar surface area (TPSA) is 60.3 Å². The highest BCUT2D eigenvalue weighted by atomic mass is 16.5. The van der Waals surface area contributed by atoms with Gasteiger partial charge in [0.2, 0.25) is 5.75 Å². The van der Waals surface area contributed by atoms with Crippen molar-refractivity contribution >= 4 is 5.71 Å². The van der Waals surface area contributed by atoms with Crippen molar-refractivity contribution < 1.29 is 19.4 Å². The average molecular weight is 253 g/mol. The van der Waals surface area contributed by atoms with Gasteiger partial charge < -0.3 is 19.4 Å². The monoisotopic (exact) mass is 253 g/mol. The number of hydrogen-bond donors (Lipinski definition) is 1. The summed E-state index contributed by atoms with van der Waals surface area (Å²) in [5.41, 5.74) is 1.66. The van der Waals surface area contributed by atoms with Crippen LogP contribution in [0, 0.1) is 0 Å². The second-order valence-corrected chi connectivity index (χ2v) is 3.83. The van der Waals surface area contributed by atoms with Crippen LogP contribution < -0.4 is 14.2 Å². The van der Waals surface area contributed by atoms with Crippen LogP contribution in [0.5, 0.6) is 17.2 Å². The second-order valence-electron chi connectivity index (χ2n) is 3.83. The van der Waals surface area contributed by atoms with Gasteiger partial charge in [0.25, 0.3) is 0 Å². The molecule has 0 aliphatic heterocycles. The van der Waals surface area contributed by atoms with Gasteiger partial charge in [-0.1, -0.05) is 11.2 Å². The van der Waals surface area contributed by atoms with Crippen LogP contribution >= 0.6 is 0 Å². The van der Waals surface area contributed by atoms with Crippen LogP contribution in [0.2, 0.25) is 0 Å². The fraction of sp³-hybridized carbons (Fsp3) is 0.462. The third-order valence-electron chi connectivity index (χ3n) is 2.71. The molecule has 0 spiro atoms. The van der Waals surface area contributed by atoms with E-state index in [0.717, 1.165) is 5.56 Å². The third-order valence-corrected chi connectivity index (χ3v) is 2.71. The van der Waals surface area contributed by atoms with Crippen molar-refractivity contribution in [2.24, 2.45) is 5.16 Å². The Labute approximate surface area is 107 Å². The molecule has 1 rings (SSSR count). The van der Waals surface area contributed by atoms with Crippen LogP contribution in [-0.4, -0.2) is 32.2 Å². The van der Waals surface area contributed by atoms with Gasteiger partial charge in [-0.15, -0.1) is 0 Å². The van der Waals surface area contributed by atoms with E-state index in [1.807, 2.05) is 12.1 Å². The zero-order valence-corrected chi connectivity index (χ0v) is 11.2. The molecule has 0 radical (unpaired) electrons. The molecule has 0 bridgehead atoms. The molecule has 1 aromatic carbocycles. The van der Waals surface area contributed by atoms with Gasteiger partial charge in [0, 0.05) is 0 Å². The van der Waals surface area contributed by atoms with Gasteiger partial charge in [-0.3, -0.25) is 0 Å². The molecule has 0 atom stereocenters. The van der Waals surface area contributed by atoms with Crippen molar-refractivity contribution in [1.29, 1.82) is 0 Å². The lowest BCUT2D eigenvalue weighted by atomic mass is 10.1. The molecule has 0 unspecified atom stereocenters. The number of rotatable bonds is 6. The second kappa shape index (κ2) is 6.74. The van der Waals surface area contributed by atoms with Gasteiger partial charge in [0.05, 0.1) is 27.0 Å². The van der Waals surface area contributed by atoms with Crippen LogP contribution in [0.1, 0.15) is 18.9 Å². The first-order chi connectivity index (χ1) is 8.67. The molecule has 0 saturated carbocycles. The van der Waals surface area contributed by atoms with E-state index in [1.54, 1.807) is 28.3 Å². The largest absolute Gasteiger partial charge is 0.493 e. The number of ether oxygens (including phenoxy) is 3. The maximum absolute atomic E-state index is 8.63. The molecule has 5 nitrogen and oxygen atoms in total. The summed E-state index contributed by atoms with van der Waals surface area (Å²) < 4.78 is 15.9. The molecule has 0 aliphatic rings. The minimum Gasteiger partial charge on any atom is -0.493 e. The molecule has 100 valence electrons. The molecule has 0 amide bonds. The summed E-state index contributed by atoms with van der Waals surface area (Å²) in [5.74, 6) is 1.87. The van der Waals surface area contributed by atoms with Crippen LogP contribution in [0.4, 0.5) is 0 Å². The van der Waals surface area contributed by atoms with Gasteiger partial charge in [-0.05, 0) is 31.4 Å². The zero-order valence-electron chi connectivity index (χ0n) is 11.2. The van der Waals surface area contributed by atoms with E-state index in [4.69, 9.17) is 19.4 Å². The standard InChI is InChI=1S/C13H19NO4/c1-9(14-15)5-6-10-7-8-11(16-2)13(18-4)12(10)17-3/h7-8,15H,5-6H2,1-4H3/b14-9-. The Morgan fingerprint density at radius 3 is 2.28 bits per heavy atom. The Balaban J connectivity index is 3.05. The number of aryl methyl sites for hydroxylation is 1. The fourth-order valence-corrected chi connectivity index (χ4v) is 1.73. The van der Waals surface area contributed by atoms with Crippen molar-refractivity contribution in [3.63, 3.8) is 0 Å². The molecule has 0 aromatic heterocycles. The smallest absolute Gasteiger partial charge is 0.203 e. The summed E-state index contributed by atoms with van der Waals surface area (Å²) in [7, 11) is 4.75. The highest BCUT2D eigenvalue weighted by Gasteiger charge is 2.15. The Morgan fingerprint density at radius 2 is 1.78 bits per heavy atom. The van der Waals surface area contributed by atoms with Crippen molar-refractivity contribution in [3.05, 3.63) is 17.7 Å². The minimum atomic E-state index is 0.580. The minimum absolute atomic E-state index is 0.580. The number of oxime groups is 1. The maximum Gasteiger partial charge on any atom is 0.203 e. The van der Waals surface area contributed by atoms with E-state index in [2.05, 4.69) is 5.16 Å². The summed E-state index contributed by atoms with van der Waals surface area (Å²) in [6.07, 6.45) is 1.36. The number of benzene rings is 1. The van der Waals surface area contributed by atoms with Crippen LogP contribution in [-0.2, 0) is 6.42 Å². The molecular formula is C13H19NO4. The molecular weight excluding hydrogens is 234 g/mol. The van der Waals surface area contributed by atoms with E-state index in [1.165, 1.54) is 0 Å². The van der Waals surface area contributed by atoms with Crippen LogP contribution in [0.15, 0.2) is 17.3 Å². The lowest BCUT2D eigenvalue weighted by Crippen LogP contribution is -2.01. The predicted molar refractivity (Wildman–Crippen MR) is 69.3 cm³/mol. The molecule has 1 N–H and O–H groups in total. The predicted octanol–water partition coefficient (Wildman–Crippen LogP) is 2.50. The molecule has 0 heterocycles. The van der Waals surface area contributed by atoms with E-state index >= 15 is 0 Å². The van der Waals surface area contributed by atoms with Gasteiger partial charge in [-0.25, -0.2) is 0 Å². The normalized spacial score (nSPS) is 11.2. The Hall–Kier alpha value is -1.91. The number of nitrogens with zero attached hydrogens (tertiary/aromatic N) is 1. The van der Waals surface area contributed by atoms with E-state index in [9.17, 15) is 0 Å². The molecule has 1 aromatic rings. The zero-order chi connectivity index (χ0) is 13.5. The SMILES string of the molecule is COc1ccc(CC/C(C)=N\O)c(OC)c1OC. The molecule has 0 fully saturated rings. The van der Waals surface area contributed by atoms with Crippen LogP contribution in [0.25, 0.3) is 0 Å². The highest BCUT2D eigenvalue weighted by Crippen LogP contribution is 2.40. The Kier molecular flexibility index (Phi) is 5.30. The van der Waals surface area contributed by atoms with Crippen molar-refractivity contribution in [3.8, 4) is 17.2 Å². The van der Waals surface area contributed by atoms with Gasteiger partial charge in [0.1, 0.15) is 0 Å². The summed E-state index contributed by atoms with van der Waals surface area (Å²) in [6, 6.07) is 3.76. The third kappa shape index (κ3) is 3.06. The lowest BCUT2D eigenvalue weighted by molar-refractivity contribution is 0.316. The quantitative estimate of drug-likeness (QED) is 0.480. The van der Waals surface area contributed by atoms with Gasteiger partial charge in [0.15, 0.2) is 11.5 Å². The first-order valence-corrected chi connectivity index (χ1v) is 5.63. The maximum atomic E-state index is 8.63. The molecule has 5 heteroatoms. The summed E-state index contributed by atoms with van der Waals surface area (Å²) >= 11 is 0. The summed E-state index contributed by atoms with van der Waals surface area (Å²) in [6.45, 7) is 1.77. The first-order valence-electron chi connectivity index (χ1n) is 5.63. The Morgan fingerprint density at radius 1 is 1.11 bits per heavy atom. The molecule has 0 saturated heterocycles. The van der Waals surface area contributed by atoms with Crippen molar-refractivity contribution in [1.82, 2.24) is 0 Å². The number of hydrogen-bond acceptors (Lipinski definition) is 5. The molecule has 0 aliphatic carbocycles. The van der Waals surface area contributed by atoms with Crippen molar-refractivity contribution in [2.45, 2.75) is 19.8 Å². The van der Waals surface area contributed by atoms with Crippen molar-refractivity contribution in [2.75, 3.05) is 21.3 Å². The average Bonchev–Trinajstić information content (AvgIpc) is 2.43. The van der Waals surface area contributed by atoms with E-state index in [0.29, 0.717) is 35.8 Å². The van der Waals surface area contributed by atoms with E-state index in [-0.39, 0.29) is 0 Å². The number of methoxy groups -OCH3 is 3. The van der Waals surface area contributed by atoms with Crippen LogP contribution in [0.3, 0.4) is 0 Å².